The van der Waals surface area contributed by atoms with E-state index in [4.69, 9.17) is 4.74 Å². The zero-order valence-corrected chi connectivity index (χ0v) is 12.8. The van der Waals surface area contributed by atoms with Crippen molar-refractivity contribution < 1.29 is 9.53 Å². The molecule has 0 aliphatic carbocycles. The summed E-state index contributed by atoms with van der Waals surface area (Å²) >= 11 is 0. The Labute approximate surface area is 129 Å². The maximum absolute atomic E-state index is 12.1. The lowest BCUT2D eigenvalue weighted by Gasteiger charge is -2.03. The number of para-hydroxylation sites is 1. The van der Waals surface area contributed by atoms with E-state index in [0.717, 1.165) is 22.2 Å². The van der Waals surface area contributed by atoms with Crippen molar-refractivity contribution in [1.82, 2.24) is 10.3 Å². The maximum atomic E-state index is 12.1. The van der Waals surface area contributed by atoms with Crippen molar-refractivity contribution in [1.29, 1.82) is 5.26 Å². The summed E-state index contributed by atoms with van der Waals surface area (Å²) in [4.78, 5) is 15.3. The Kier molecular flexibility index (Phi) is 5.34. The largest absolute Gasteiger partial charge is 0.385 e. The Hall–Kier alpha value is -2.58. The summed E-state index contributed by atoms with van der Waals surface area (Å²) in [5.74, 6) is -0.358. The number of nitriles is 1. The molecule has 0 bridgehead atoms. The number of amides is 1. The first-order valence-electron chi connectivity index (χ1n) is 7.13. The van der Waals surface area contributed by atoms with Gasteiger partial charge in [-0.1, -0.05) is 18.2 Å². The fraction of sp³-hybridized carbons (Fsp3) is 0.294. The quantitative estimate of drug-likeness (QED) is 0.488. The van der Waals surface area contributed by atoms with Gasteiger partial charge in [-0.25, -0.2) is 0 Å². The first kappa shape index (κ1) is 15.8. The van der Waals surface area contributed by atoms with Crippen molar-refractivity contribution >= 4 is 22.9 Å². The van der Waals surface area contributed by atoms with Crippen LogP contribution < -0.4 is 5.32 Å². The average Bonchev–Trinajstić information content (AvgIpc) is 2.84. The lowest BCUT2D eigenvalue weighted by Crippen LogP contribution is -2.26. The molecule has 0 saturated heterocycles. The van der Waals surface area contributed by atoms with Crippen molar-refractivity contribution in [3.05, 3.63) is 41.1 Å². The first-order chi connectivity index (χ1) is 10.7. The zero-order valence-electron chi connectivity index (χ0n) is 12.8. The van der Waals surface area contributed by atoms with Crippen molar-refractivity contribution in [2.45, 2.75) is 13.3 Å². The zero-order chi connectivity index (χ0) is 15.9. The van der Waals surface area contributed by atoms with E-state index in [1.807, 2.05) is 37.3 Å². The summed E-state index contributed by atoms with van der Waals surface area (Å²) in [5.41, 5.74) is 2.90. The Bertz CT molecular complexity index is 738. The molecule has 0 aliphatic heterocycles. The van der Waals surface area contributed by atoms with E-state index >= 15 is 0 Å². The molecule has 1 aromatic heterocycles. The van der Waals surface area contributed by atoms with Crippen LogP contribution in [0.5, 0.6) is 0 Å². The van der Waals surface area contributed by atoms with Crippen LogP contribution >= 0.6 is 0 Å². The van der Waals surface area contributed by atoms with E-state index < -0.39 is 0 Å². The molecule has 0 aliphatic rings. The van der Waals surface area contributed by atoms with Gasteiger partial charge in [-0.15, -0.1) is 0 Å². The molecule has 1 aromatic carbocycles. The number of fused-ring (bicyclic) bond motifs is 1. The van der Waals surface area contributed by atoms with Gasteiger partial charge in [0.25, 0.3) is 5.91 Å². The van der Waals surface area contributed by atoms with E-state index in [2.05, 4.69) is 10.3 Å². The average molecular weight is 297 g/mol. The molecule has 1 heterocycles. The number of aromatic amines is 1. The molecule has 0 unspecified atom stereocenters. The predicted molar refractivity (Wildman–Crippen MR) is 86.1 cm³/mol. The van der Waals surface area contributed by atoms with Gasteiger partial charge in [0, 0.05) is 42.4 Å². The maximum Gasteiger partial charge on any atom is 0.261 e. The van der Waals surface area contributed by atoms with Crippen LogP contribution in [0, 0.1) is 18.3 Å². The van der Waals surface area contributed by atoms with Crippen LogP contribution in [0.25, 0.3) is 17.0 Å². The molecule has 0 fully saturated rings. The van der Waals surface area contributed by atoms with E-state index in [0.29, 0.717) is 19.6 Å². The highest BCUT2D eigenvalue weighted by Gasteiger charge is 2.12. The van der Waals surface area contributed by atoms with Crippen LogP contribution in [0.2, 0.25) is 0 Å². The molecule has 0 radical (unpaired) electrons. The molecule has 0 atom stereocenters. The Morgan fingerprint density at radius 2 is 2.23 bits per heavy atom. The highest BCUT2D eigenvalue weighted by atomic mass is 16.5. The first-order valence-corrected chi connectivity index (χ1v) is 7.13. The number of H-pyrrole nitrogens is 1. The van der Waals surface area contributed by atoms with Crippen molar-refractivity contribution in [3.8, 4) is 6.07 Å². The van der Waals surface area contributed by atoms with Crippen LogP contribution in [0.15, 0.2) is 29.8 Å². The Morgan fingerprint density at radius 3 is 2.95 bits per heavy atom. The van der Waals surface area contributed by atoms with Crippen LogP contribution in [0.1, 0.15) is 17.7 Å². The van der Waals surface area contributed by atoms with Gasteiger partial charge in [0.15, 0.2) is 0 Å². The molecule has 0 spiro atoms. The summed E-state index contributed by atoms with van der Waals surface area (Å²) in [7, 11) is 1.61. The molecule has 5 heteroatoms. The third kappa shape index (κ3) is 3.54. The number of carbonyl (C=O) groups is 1. The molecular weight excluding hydrogens is 278 g/mol. The van der Waals surface area contributed by atoms with Gasteiger partial charge in [0.05, 0.1) is 0 Å². The molecule has 2 rings (SSSR count). The third-order valence-corrected chi connectivity index (χ3v) is 3.41. The van der Waals surface area contributed by atoms with Crippen LogP contribution in [-0.2, 0) is 9.53 Å². The number of nitrogens with one attached hydrogen (secondary N) is 2. The SMILES string of the molecule is COCCCNC(=O)/C(C#N)=C\c1c(C)[nH]c2ccccc12. The number of hydrogen-bond acceptors (Lipinski definition) is 3. The highest BCUT2D eigenvalue weighted by Crippen LogP contribution is 2.24. The second-order valence-electron chi connectivity index (χ2n) is 4.98. The predicted octanol–water partition coefficient (Wildman–Crippen LogP) is 2.54. The number of aryl methyl sites for hydroxylation is 1. The minimum absolute atomic E-state index is 0.102. The molecule has 2 N–H and O–H groups in total. The summed E-state index contributed by atoms with van der Waals surface area (Å²) < 4.78 is 4.92. The molecule has 0 saturated carbocycles. The minimum atomic E-state index is -0.358. The summed E-state index contributed by atoms with van der Waals surface area (Å²) in [5, 5.41) is 13.0. The van der Waals surface area contributed by atoms with Gasteiger partial charge >= 0.3 is 0 Å². The molecule has 5 nitrogen and oxygen atoms in total. The summed E-state index contributed by atoms with van der Waals surface area (Å²) in [6, 6.07) is 9.79. The van der Waals surface area contributed by atoms with E-state index in [-0.39, 0.29) is 11.5 Å². The van der Waals surface area contributed by atoms with Crippen molar-refractivity contribution in [2.24, 2.45) is 0 Å². The number of aromatic nitrogens is 1. The van der Waals surface area contributed by atoms with Crippen LogP contribution in [-0.4, -0.2) is 31.2 Å². The highest BCUT2D eigenvalue weighted by molar-refractivity contribution is 6.04. The van der Waals surface area contributed by atoms with E-state index in [1.165, 1.54) is 0 Å². The smallest absolute Gasteiger partial charge is 0.261 e. The lowest BCUT2D eigenvalue weighted by molar-refractivity contribution is -0.117. The van der Waals surface area contributed by atoms with Crippen molar-refractivity contribution in [3.63, 3.8) is 0 Å². The minimum Gasteiger partial charge on any atom is -0.385 e. The molecular formula is C17H19N3O2. The van der Waals surface area contributed by atoms with Gasteiger partial charge in [0.2, 0.25) is 0 Å². The normalized spacial score (nSPS) is 11.4. The Balaban J connectivity index is 2.22. The number of hydrogen-bond donors (Lipinski definition) is 2. The summed E-state index contributed by atoms with van der Waals surface area (Å²) in [6.45, 7) is 2.99. The number of benzene rings is 1. The van der Waals surface area contributed by atoms with Gasteiger partial charge in [-0.05, 0) is 25.5 Å². The second-order valence-corrected chi connectivity index (χ2v) is 4.98. The van der Waals surface area contributed by atoms with Gasteiger partial charge in [-0.3, -0.25) is 4.79 Å². The van der Waals surface area contributed by atoms with Gasteiger partial charge < -0.3 is 15.0 Å². The standard InChI is InChI=1S/C17H19N3O2/c1-12-15(14-6-3-4-7-16(14)20-12)10-13(11-18)17(21)19-8-5-9-22-2/h3-4,6-7,10,20H,5,8-9H2,1-2H3,(H,19,21)/b13-10-. The van der Waals surface area contributed by atoms with Crippen LogP contribution in [0.4, 0.5) is 0 Å². The van der Waals surface area contributed by atoms with Gasteiger partial charge in [0.1, 0.15) is 11.6 Å². The molecule has 22 heavy (non-hydrogen) atoms. The lowest BCUT2D eigenvalue weighted by atomic mass is 10.1. The number of ether oxygens (including phenoxy) is 1. The van der Waals surface area contributed by atoms with Gasteiger partial charge in [-0.2, -0.15) is 5.26 Å². The topological polar surface area (TPSA) is 77.9 Å². The van der Waals surface area contributed by atoms with Crippen LogP contribution in [0.3, 0.4) is 0 Å². The monoisotopic (exact) mass is 297 g/mol. The molecule has 114 valence electrons. The number of nitrogens with zero attached hydrogens (tertiary/aromatic N) is 1. The number of methoxy groups -OCH3 is 1. The van der Waals surface area contributed by atoms with E-state index in [1.54, 1.807) is 13.2 Å². The second kappa shape index (κ2) is 7.43. The number of rotatable bonds is 6. The fourth-order valence-electron chi connectivity index (χ4n) is 2.29. The number of carbonyl (C=O) groups excluding carboxylic acids is 1. The fourth-order valence-corrected chi connectivity index (χ4v) is 2.29. The molecule has 1 amide bonds. The van der Waals surface area contributed by atoms with E-state index in [9.17, 15) is 10.1 Å². The third-order valence-electron chi connectivity index (χ3n) is 3.41. The summed E-state index contributed by atoms with van der Waals surface area (Å²) in [6.07, 6.45) is 2.35. The van der Waals surface area contributed by atoms with Crippen molar-refractivity contribution in [2.75, 3.05) is 20.3 Å². The molecule has 2 aromatic rings. The Morgan fingerprint density at radius 1 is 1.45 bits per heavy atom.